The van der Waals surface area contributed by atoms with E-state index in [9.17, 15) is 0 Å². The van der Waals surface area contributed by atoms with Crippen LogP contribution in [-0.2, 0) is 4.74 Å². The molecule has 1 N–H and O–H groups in total. The van der Waals surface area contributed by atoms with Gasteiger partial charge in [-0.25, -0.2) is 15.0 Å². The maximum Gasteiger partial charge on any atom is 0.224 e. The zero-order valence-electron chi connectivity index (χ0n) is 18.8. The number of ether oxygens (including phenoxy) is 2. The van der Waals surface area contributed by atoms with Crippen molar-refractivity contribution in [1.82, 2.24) is 19.3 Å². The molecule has 1 aliphatic heterocycles. The van der Waals surface area contributed by atoms with E-state index in [1.807, 2.05) is 26.5 Å². The minimum Gasteiger partial charge on any atom is -0.474 e. The van der Waals surface area contributed by atoms with Gasteiger partial charge in [-0.3, -0.25) is 4.31 Å². The van der Waals surface area contributed by atoms with Crippen molar-refractivity contribution in [2.24, 2.45) is 0 Å². The first-order chi connectivity index (χ1) is 15.5. The summed E-state index contributed by atoms with van der Waals surface area (Å²) in [6.45, 7) is 3.65. The van der Waals surface area contributed by atoms with E-state index in [0.29, 0.717) is 11.8 Å². The van der Waals surface area contributed by atoms with Crippen molar-refractivity contribution in [1.29, 1.82) is 0 Å². The minimum absolute atomic E-state index is 0.102. The van der Waals surface area contributed by atoms with Gasteiger partial charge < -0.3 is 14.8 Å². The highest BCUT2D eigenvalue weighted by Gasteiger charge is 2.38. The first-order valence-electron chi connectivity index (χ1n) is 11.1. The van der Waals surface area contributed by atoms with Gasteiger partial charge in [0.05, 0.1) is 24.1 Å². The molecule has 1 aliphatic carbocycles. The van der Waals surface area contributed by atoms with Crippen LogP contribution < -0.4 is 10.1 Å². The molecule has 5 rings (SSSR count). The van der Waals surface area contributed by atoms with E-state index in [1.54, 1.807) is 11.9 Å². The highest BCUT2D eigenvalue weighted by molar-refractivity contribution is 7.97. The molecule has 1 aromatic carbocycles. The predicted octanol–water partition coefficient (Wildman–Crippen LogP) is 4.78. The average molecular weight is 452 g/mol. The summed E-state index contributed by atoms with van der Waals surface area (Å²) in [4.78, 5) is 15.4. The Labute approximate surface area is 193 Å². The summed E-state index contributed by atoms with van der Waals surface area (Å²) in [6, 6.07) is 8.47. The van der Waals surface area contributed by atoms with Crippen LogP contribution in [0.4, 0.5) is 5.95 Å². The highest BCUT2D eigenvalue weighted by Crippen LogP contribution is 2.39. The fourth-order valence-corrected chi connectivity index (χ4v) is 4.57. The molecule has 2 fully saturated rings. The Hall–Kier alpha value is -2.42. The maximum absolute atomic E-state index is 6.29. The molecule has 0 unspecified atom stereocenters. The summed E-state index contributed by atoms with van der Waals surface area (Å²) in [5, 5.41) is 4.33. The fourth-order valence-electron chi connectivity index (χ4n) is 3.83. The van der Waals surface area contributed by atoms with Crippen LogP contribution in [0.5, 0.6) is 5.88 Å². The Balaban J connectivity index is 1.56. The summed E-state index contributed by atoms with van der Waals surface area (Å²) in [5.74, 6) is 1.25. The van der Waals surface area contributed by atoms with Crippen LogP contribution in [0.2, 0.25) is 0 Å². The monoisotopic (exact) mass is 451 g/mol. The van der Waals surface area contributed by atoms with Crippen molar-refractivity contribution in [3.8, 4) is 17.0 Å². The average Bonchev–Trinajstić information content (AvgIpc) is 3.50. The summed E-state index contributed by atoms with van der Waals surface area (Å²) >= 11 is 1.69. The molecule has 0 radical (unpaired) electrons. The third-order valence-electron chi connectivity index (χ3n) is 5.88. The summed E-state index contributed by atoms with van der Waals surface area (Å²) in [5.41, 5.74) is 3.02. The third kappa shape index (κ3) is 4.82. The van der Waals surface area contributed by atoms with Gasteiger partial charge in [-0.05, 0) is 63.5 Å². The van der Waals surface area contributed by atoms with Crippen molar-refractivity contribution < 1.29 is 9.47 Å². The maximum atomic E-state index is 6.29. The first kappa shape index (κ1) is 21.4. The van der Waals surface area contributed by atoms with Gasteiger partial charge in [0.2, 0.25) is 11.8 Å². The number of anilines is 1. The van der Waals surface area contributed by atoms with Crippen LogP contribution in [-0.4, -0.2) is 58.2 Å². The second kappa shape index (κ2) is 8.84. The van der Waals surface area contributed by atoms with Crippen molar-refractivity contribution in [3.63, 3.8) is 0 Å². The number of benzene rings is 1. The van der Waals surface area contributed by atoms with Crippen molar-refractivity contribution in [3.05, 3.63) is 36.7 Å². The molecular weight excluding hydrogens is 422 g/mol. The van der Waals surface area contributed by atoms with Crippen LogP contribution in [0.3, 0.4) is 0 Å². The molecule has 3 heterocycles. The molecule has 7 nitrogen and oxygen atoms in total. The van der Waals surface area contributed by atoms with E-state index in [4.69, 9.17) is 19.4 Å². The van der Waals surface area contributed by atoms with Crippen molar-refractivity contribution in [2.75, 3.05) is 32.6 Å². The summed E-state index contributed by atoms with van der Waals surface area (Å²) in [7, 11) is 4.08. The van der Waals surface area contributed by atoms with Crippen molar-refractivity contribution in [2.45, 2.75) is 49.1 Å². The van der Waals surface area contributed by atoms with Gasteiger partial charge in [0, 0.05) is 41.2 Å². The van der Waals surface area contributed by atoms with E-state index in [1.165, 1.54) is 4.90 Å². The van der Waals surface area contributed by atoms with Gasteiger partial charge in [-0.1, -0.05) is 12.1 Å². The molecule has 1 saturated carbocycles. The molecule has 32 heavy (non-hydrogen) atoms. The molecule has 0 bridgehead atoms. The number of rotatable bonds is 7. The van der Waals surface area contributed by atoms with Crippen molar-refractivity contribution >= 4 is 28.8 Å². The molecule has 2 aliphatic rings. The molecule has 0 amide bonds. The molecule has 0 atom stereocenters. The number of fused-ring (bicyclic) bond motifs is 1. The largest absolute Gasteiger partial charge is 0.474 e. The van der Waals surface area contributed by atoms with Crippen LogP contribution >= 0.6 is 11.9 Å². The Morgan fingerprint density at radius 3 is 2.72 bits per heavy atom. The van der Waals surface area contributed by atoms with Gasteiger partial charge in [0.25, 0.3) is 0 Å². The standard InChI is InChI=1S/C24H29N5O2S/c1-24(9-10-24)28-23-26-15-20-21(27-23)19(16-5-4-6-18(13-16)32-29(2)3)14-25-22(20)31-17-7-11-30-12-8-17/h4-6,13-15,17H,7-12H2,1-3H3,(H,26,27,28). The topological polar surface area (TPSA) is 72.4 Å². The quantitative estimate of drug-likeness (QED) is 0.515. The van der Waals surface area contributed by atoms with Gasteiger partial charge in [-0.15, -0.1) is 0 Å². The lowest BCUT2D eigenvalue weighted by Gasteiger charge is -2.23. The Morgan fingerprint density at radius 2 is 1.97 bits per heavy atom. The number of hydrogen-bond acceptors (Lipinski definition) is 8. The normalized spacial score (nSPS) is 18.1. The zero-order chi connectivity index (χ0) is 22.1. The number of nitrogens with one attached hydrogen (secondary N) is 1. The number of pyridine rings is 1. The lowest BCUT2D eigenvalue weighted by Crippen LogP contribution is -2.26. The second-order valence-corrected chi connectivity index (χ2v) is 10.4. The van der Waals surface area contributed by atoms with E-state index >= 15 is 0 Å². The van der Waals surface area contributed by atoms with E-state index in [-0.39, 0.29) is 11.6 Å². The molecule has 2 aromatic heterocycles. The lowest BCUT2D eigenvalue weighted by atomic mass is 10.1. The van der Waals surface area contributed by atoms with Gasteiger partial charge in [-0.2, -0.15) is 0 Å². The number of hydrogen-bond donors (Lipinski definition) is 1. The first-order valence-corrected chi connectivity index (χ1v) is 11.9. The molecule has 8 heteroatoms. The van der Waals surface area contributed by atoms with Crippen LogP contribution in [0.1, 0.15) is 32.6 Å². The van der Waals surface area contributed by atoms with Gasteiger partial charge >= 0.3 is 0 Å². The molecular formula is C24H29N5O2S. The fraction of sp³-hybridized carbons (Fsp3) is 0.458. The van der Waals surface area contributed by atoms with Crippen LogP contribution in [0.25, 0.3) is 22.0 Å². The predicted molar refractivity (Wildman–Crippen MR) is 128 cm³/mol. The van der Waals surface area contributed by atoms with E-state index in [2.05, 4.69) is 45.8 Å². The Bertz CT molecular complexity index is 1110. The number of aromatic nitrogens is 3. The SMILES string of the molecule is CN(C)Sc1cccc(-c2cnc(OC3CCOCC3)c3cnc(NC4(C)CC4)nc23)c1. The van der Waals surface area contributed by atoms with E-state index < -0.39 is 0 Å². The Morgan fingerprint density at radius 1 is 1.16 bits per heavy atom. The van der Waals surface area contributed by atoms with Crippen LogP contribution in [0.15, 0.2) is 41.6 Å². The lowest BCUT2D eigenvalue weighted by molar-refractivity contribution is 0.0244. The molecule has 3 aromatic rings. The van der Waals surface area contributed by atoms with Gasteiger partial charge in [0.1, 0.15) is 6.10 Å². The Kier molecular flexibility index (Phi) is 5.92. The van der Waals surface area contributed by atoms with Gasteiger partial charge in [0.15, 0.2) is 0 Å². The smallest absolute Gasteiger partial charge is 0.224 e. The zero-order valence-corrected chi connectivity index (χ0v) is 19.6. The highest BCUT2D eigenvalue weighted by atomic mass is 32.2. The molecule has 168 valence electrons. The molecule has 0 spiro atoms. The summed E-state index contributed by atoms with van der Waals surface area (Å²) < 4.78 is 13.8. The summed E-state index contributed by atoms with van der Waals surface area (Å²) in [6.07, 6.45) is 7.85. The minimum atomic E-state index is 0.102. The molecule has 1 saturated heterocycles. The van der Waals surface area contributed by atoms with Crippen LogP contribution in [0, 0.1) is 0 Å². The number of nitrogens with zero attached hydrogens (tertiary/aromatic N) is 4. The second-order valence-electron chi connectivity index (χ2n) is 8.98. The third-order valence-corrected chi connectivity index (χ3v) is 6.71. The van der Waals surface area contributed by atoms with E-state index in [0.717, 1.165) is 60.9 Å².